The lowest BCUT2D eigenvalue weighted by Gasteiger charge is -2.43. The number of nitrogens with zero attached hydrogens (tertiary/aromatic N) is 8. The monoisotopic (exact) mass is 949 g/mol. The minimum atomic E-state index is -2.94. The highest BCUT2D eigenvalue weighted by Crippen LogP contribution is 2.28. The number of alkyl halides is 2. The molecule has 0 spiro atoms. The first-order valence-corrected chi connectivity index (χ1v) is 22.0. The van der Waals surface area contributed by atoms with Crippen LogP contribution in [-0.4, -0.2) is 145 Å². The van der Waals surface area contributed by atoms with Crippen molar-refractivity contribution in [3.63, 3.8) is 0 Å². The standard InChI is InChI=1S/C24H23F4N5O3.C23H26F2N4O3/c25-17-2-1-3-18(11-17)33(24(34)32-8-6-31(7-9-32)19-13-35-14-19)12-16-5-4-15(10-20(16)26)22-29-30-23(36-22)21(27)28;24-18-2-1-3-19(11-18)29(13-17-5-4-16(10-21(17)25)22(30)12-26)23(31)28-8-6-27(7-9-28)20-14-32-15-20/h1-5,10-11,19,21H,6-9,12-14H2;1-5,10-11,20H,6-9,12-15,26H2. The van der Waals surface area contributed by atoms with Crippen LogP contribution < -0.4 is 15.5 Å². The van der Waals surface area contributed by atoms with Crippen LogP contribution in [0.1, 0.15) is 33.8 Å². The summed E-state index contributed by atoms with van der Waals surface area (Å²) in [6, 6.07) is 19.3. The van der Waals surface area contributed by atoms with Gasteiger partial charge in [0.25, 0.3) is 5.89 Å². The molecule has 0 atom stereocenters. The van der Waals surface area contributed by atoms with E-state index in [-0.39, 0.29) is 71.3 Å². The second-order valence-electron chi connectivity index (χ2n) is 16.6. The first-order valence-electron chi connectivity index (χ1n) is 22.0. The number of Topliss-reactive ketones (excluding diaryl/α,β-unsaturated/α-hetero) is 1. The van der Waals surface area contributed by atoms with Gasteiger partial charge in [-0.2, -0.15) is 8.78 Å². The third-order valence-corrected chi connectivity index (χ3v) is 12.3. The summed E-state index contributed by atoms with van der Waals surface area (Å²) in [7, 11) is 0. The molecule has 0 unspecified atom stereocenters. The lowest BCUT2D eigenvalue weighted by molar-refractivity contribution is -0.0738. The predicted octanol–water partition coefficient (Wildman–Crippen LogP) is 6.34. The first kappa shape index (κ1) is 48.1. The van der Waals surface area contributed by atoms with E-state index in [1.165, 1.54) is 70.5 Å². The number of carbonyl (C=O) groups is 3. The molecular formula is C47H49F6N9O6. The number of amides is 4. The highest BCUT2D eigenvalue weighted by atomic mass is 19.3. The molecule has 0 aliphatic carbocycles. The molecule has 0 radical (unpaired) electrons. The number of urea groups is 2. The van der Waals surface area contributed by atoms with Gasteiger partial charge in [0, 0.05) is 86.0 Å². The van der Waals surface area contributed by atoms with E-state index in [9.17, 15) is 36.3 Å². The minimum absolute atomic E-state index is 0.0953. The van der Waals surface area contributed by atoms with E-state index < -0.39 is 35.6 Å². The SMILES string of the molecule is NCC(=O)c1ccc(CN(C(=O)N2CCN(C3COC3)CC2)c2cccc(F)c2)c(F)c1.O=C(N1CCN(C2COC2)CC1)N(Cc1ccc(-c2nnc(C(F)F)o2)cc1F)c1cccc(F)c1. The first-order chi connectivity index (χ1) is 32.8. The molecule has 4 saturated heterocycles. The Labute approximate surface area is 387 Å². The third kappa shape index (κ3) is 11.3. The number of rotatable bonds is 12. The van der Waals surface area contributed by atoms with Gasteiger partial charge in [-0.25, -0.2) is 27.2 Å². The summed E-state index contributed by atoms with van der Waals surface area (Å²) in [5, 5.41) is 6.77. The number of halogens is 6. The Bertz CT molecular complexity index is 2570. The number of ketones is 1. The number of ether oxygens (including phenoxy) is 2. The molecule has 360 valence electrons. The van der Waals surface area contributed by atoms with Crippen molar-refractivity contribution in [3.05, 3.63) is 131 Å². The van der Waals surface area contributed by atoms with Crippen LogP contribution in [0.2, 0.25) is 0 Å². The molecule has 4 amide bonds. The summed E-state index contributed by atoms with van der Waals surface area (Å²) in [6.07, 6.45) is -2.94. The fraction of sp³-hybridized carbons (Fsp3) is 0.383. The molecule has 68 heavy (non-hydrogen) atoms. The number of aromatic nitrogens is 2. The topological polar surface area (TPSA) is 154 Å². The van der Waals surface area contributed by atoms with Crippen LogP contribution >= 0.6 is 0 Å². The second-order valence-corrected chi connectivity index (χ2v) is 16.6. The molecule has 4 aromatic carbocycles. The quantitative estimate of drug-likeness (QED) is 0.110. The number of anilines is 2. The minimum Gasteiger partial charge on any atom is -0.415 e. The Kier molecular flexibility index (Phi) is 15.3. The largest absolute Gasteiger partial charge is 0.415 e. The van der Waals surface area contributed by atoms with E-state index in [0.29, 0.717) is 83.5 Å². The number of benzene rings is 4. The summed E-state index contributed by atoms with van der Waals surface area (Å²) in [6.45, 7) is 7.13. The fourth-order valence-corrected chi connectivity index (χ4v) is 8.15. The average molecular weight is 950 g/mol. The Morgan fingerprint density at radius 3 is 1.51 bits per heavy atom. The van der Waals surface area contributed by atoms with Crippen molar-refractivity contribution in [2.45, 2.75) is 31.6 Å². The van der Waals surface area contributed by atoms with E-state index in [4.69, 9.17) is 19.6 Å². The maximum Gasteiger partial charge on any atom is 0.324 e. The Morgan fingerprint density at radius 2 is 1.12 bits per heavy atom. The van der Waals surface area contributed by atoms with Crippen molar-refractivity contribution in [3.8, 4) is 11.5 Å². The molecule has 15 nitrogen and oxygen atoms in total. The molecule has 4 aliphatic rings. The van der Waals surface area contributed by atoms with Crippen LogP contribution in [-0.2, 0) is 22.6 Å². The van der Waals surface area contributed by atoms with Gasteiger partial charge in [0.05, 0.1) is 58.1 Å². The van der Waals surface area contributed by atoms with Gasteiger partial charge in [0.15, 0.2) is 5.78 Å². The zero-order valence-corrected chi connectivity index (χ0v) is 36.8. The summed E-state index contributed by atoms with van der Waals surface area (Å²) in [4.78, 5) is 49.3. The molecule has 5 aromatic rings. The summed E-state index contributed by atoms with van der Waals surface area (Å²) in [5.74, 6) is -3.81. The molecule has 4 fully saturated rings. The second kappa shape index (κ2) is 21.7. The summed E-state index contributed by atoms with van der Waals surface area (Å²) < 4.78 is 98.6. The van der Waals surface area contributed by atoms with E-state index >= 15 is 4.39 Å². The molecule has 0 bridgehead atoms. The number of hydrogen-bond donors (Lipinski definition) is 1. The van der Waals surface area contributed by atoms with Gasteiger partial charge >= 0.3 is 18.5 Å². The Hall–Kier alpha value is -6.39. The highest BCUT2D eigenvalue weighted by Gasteiger charge is 2.34. The van der Waals surface area contributed by atoms with Crippen LogP contribution in [0.15, 0.2) is 89.3 Å². The van der Waals surface area contributed by atoms with Gasteiger partial charge in [-0.05, 0) is 54.6 Å². The molecule has 2 N–H and O–H groups in total. The normalized spacial score (nSPS) is 17.0. The van der Waals surface area contributed by atoms with Crippen LogP contribution in [0, 0.1) is 23.3 Å². The Balaban J connectivity index is 0.000000185. The number of hydrogen-bond acceptors (Lipinski definition) is 11. The van der Waals surface area contributed by atoms with Gasteiger partial charge in [-0.15, -0.1) is 10.2 Å². The van der Waals surface area contributed by atoms with Crippen LogP contribution in [0.4, 0.5) is 47.3 Å². The highest BCUT2D eigenvalue weighted by molar-refractivity contribution is 5.97. The number of carbonyl (C=O) groups excluding carboxylic acids is 3. The van der Waals surface area contributed by atoms with E-state index in [0.717, 1.165) is 25.2 Å². The third-order valence-electron chi connectivity index (χ3n) is 12.3. The molecular weight excluding hydrogens is 901 g/mol. The smallest absolute Gasteiger partial charge is 0.324 e. The van der Waals surface area contributed by atoms with E-state index in [1.54, 1.807) is 21.9 Å². The van der Waals surface area contributed by atoms with Gasteiger partial charge in [-0.3, -0.25) is 24.4 Å². The molecule has 21 heteroatoms. The van der Waals surface area contributed by atoms with Crippen molar-refractivity contribution in [1.82, 2.24) is 29.8 Å². The van der Waals surface area contributed by atoms with Crippen LogP contribution in [0.25, 0.3) is 11.5 Å². The van der Waals surface area contributed by atoms with E-state index in [2.05, 4.69) is 20.0 Å². The van der Waals surface area contributed by atoms with E-state index in [1.807, 2.05) is 0 Å². The van der Waals surface area contributed by atoms with Crippen molar-refractivity contribution in [2.75, 3.05) is 95.1 Å². The Morgan fingerprint density at radius 1 is 0.632 bits per heavy atom. The summed E-state index contributed by atoms with van der Waals surface area (Å²) in [5.41, 5.74) is 6.65. The molecule has 0 saturated carbocycles. The van der Waals surface area contributed by atoms with Gasteiger partial charge < -0.3 is 29.4 Å². The predicted molar refractivity (Wildman–Crippen MR) is 236 cm³/mol. The lowest BCUT2D eigenvalue weighted by Crippen LogP contribution is -2.59. The maximum atomic E-state index is 15.1. The molecule has 1 aromatic heterocycles. The van der Waals surface area contributed by atoms with Gasteiger partial charge in [-0.1, -0.05) is 30.3 Å². The van der Waals surface area contributed by atoms with Gasteiger partial charge in [0.2, 0.25) is 5.89 Å². The van der Waals surface area contributed by atoms with Crippen molar-refractivity contribution in [1.29, 1.82) is 0 Å². The maximum absolute atomic E-state index is 15.1. The summed E-state index contributed by atoms with van der Waals surface area (Å²) >= 11 is 0. The van der Waals surface area contributed by atoms with Crippen LogP contribution in [0.5, 0.6) is 0 Å². The molecule has 9 rings (SSSR count). The van der Waals surface area contributed by atoms with Crippen molar-refractivity contribution >= 4 is 29.2 Å². The number of nitrogens with two attached hydrogens (primary N) is 1. The van der Waals surface area contributed by atoms with Crippen molar-refractivity contribution < 1.29 is 54.6 Å². The lowest BCUT2D eigenvalue weighted by atomic mass is 10.1. The fourth-order valence-electron chi connectivity index (χ4n) is 8.15. The molecule has 4 aliphatic heterocycles. The van der Waals surface area contributed by atoms with Gasteiger partial charge in [0.1, 0.15) is 23.3 Å². The molecule has 5 heterocycles. The van der Waals surface area contributed by atoms with Crippen LogP contribution in [0.3, 0.4) is 0 Å². The average Bonchev–Trinajstić information content (AvgIpc) is 3.81. The zero-order valence-electron chi connectivity index (χ0n) is 36.8. The number of piperazine rings is 2. The zero-order chi connectivity index (χ0) is 47.9. The van der Waals surface area contributed by atoms with Crippen molar-refractivity contribution in [2.24, 2.45) is 5.73 Å².